The minimum Gasteiger partial charge on any atom is -0.454 e. The fourth-order valence-electron chi connectivity index (χ4n) is 3.53. The van der Waals surface area contributed by atoms with Crippen LogP contribution in [0.2, 0.25) is 0 Å². The highest BCUT2D eigenvalue weighted by atomic mass is 79.9. The van der Waals surface area contributed by atoms with E-state index in [2.05, 4.69) is 21.2 Å². The Kier molecular flexibility index (Phi) is 8.65. The predicted octanol–water partition coefficient (Wildman–Crippen LogP) is 3.28. The average molecular weight is 568 g/mol. The number of halogens is 1. The second kappa shape index (κ2) is 11.3. The molecule has 1 aliphatic rings. The lowest BCUT2D eigenvalue weighted by atomic mass is 10.1. The van der Waals surface area contributed by atoms with Crippen LogP contribution in [0.4, 0.5) is 5.69 Å². The molecule has 0 unspecified atom stereocenters. The van der Waals surface area contributed by atoms with Crippen molar-refractivity contribution in [3.63, 3.8) is 0 Å². The molecule has 1 heterocycles. The van der Waals surface area contributed by atoms with E-state index >= 15 is 0 Å². The summed E-state index contributed by atoms with van der Waals surface area (Å²) < 4.78 is 37.9. The first-order valence-corrected chi connectivity index (χ1v) is 13.9. The molecule has 35 heavy (non-hydrogen) atoms. The highest BCUT2D eigenvalue weighted by molar-refractivity contribution is 9.10. The number of carbonyl (C=O) groups is 2. The molecule has 0 aromatic heterocycles. The van der Waals surface area contributed by atoms with Crippen molar-refractivity contribution in [1.29, 1.82) is 0 Å². The fraction of sp³-hybridized carbons (Fsp3) is 0.417. The van der Waals surface area contributed by atoms with Gasteiger partial charge in [0, 0.05) is 23.1 Å². The molecule has 0 radical (unpaired) electrons. The number of sulfonamides is 1. The van der Waals surface area contributed by atoms with E-state index in [9.17, 15) is 18.0 Å². The number of amides is 2. The number of fused-ring (bicyclic) bond motifs is 1. The van der Waals surface area contributed by atoms with Gasteiger partial charge in [-0.1, -0.05) is 35.0 Å². The number of benzene rings is 2. The lowest BCUT2D eigenvalue weighted by Crippen LogP contribution is -2.52. The van der Waals surface area contributed by atoms with E-state index in [0.29, 0.717) is 11.5 Å². The summed E-state index contributed by atoms with van der Waals surface area (Å²) >= 11 is 3.43. The average Bonchev–Trinajstić information content (AvgIpc) is 3.27. The summed E-state index contributed by atoms with van der Waals surface area (Å²) in [7, 11) is -3.83. The van der Waals surface area contributed by atoms with Crippen molar-refractivity contribution in [2.45, 2.75) is 45.8 Å². The second-order valence-corrected chi connectivity index (χ2v) is 11.3. The van der Waals surface area contributed by atoms with Gasteiger partial charge in [0.1, 0.15) is 12.6 Å². The zero-order valence-electron chi connectivity index (χ0n) is 20.2. The molecule has 9 nitrogen and oxygen atoms in total. The molecular formula is C24H30BrN3O6S. The van der Waals surface area contributed by atoms with E-state index in [0.717, 1.165) is 27.0 Å². The van der Waals surface area contributed by atoms with E-state index in [1.165, 1.54) is 11.0 Å². The number of hydrogen-bond acceptors (Lipinski definition) is 6. The molecule has 1 aliphatic heterocycles. The fourth-order valence-corrected chi connectivity index (χ4v) is 4.82. The van der Waals surface area contributed by atoms with Gasteiger partial charge in [-0.05, 0) is 50.1 Å². The molecule has 0 aliphatic carbocycles. The Morgan fingerprint density at radius 3 is 2.49 bits per heavy atom. The maximum atomic E-state index is 13.6. The molecule has 190 valence electrons. The number of nitrogens with zero attached hydrogens (tertiary/aromatic N) is 2. The summed E-state index contributed by atoms with van der Waals surface area (Å²) in [5.74, 6) is 0.0765. The minimum atomic E-state index is -3.83. The SMILES string of the molecule is CC[C@@H](C)NC(=O)[C@@H](C)N(Cc1cccc(Br)c1)C(=O)CN(c1ccc2c(c1)OCO2)S(C)(=O)=O. The van der Waals surface area contributed by atoms with Gasteiger partial charge in [0.05, 0.1) is 11.9 Å². The van der Waals surface area contributed by atoms with Crippen LogP contribution in [0.5, 0.6) is 11.5 Å². The number of ether oxygens (including phenoxy) is 2. The zero-order chi connectivity index (χ0) is 25.8. The molecule has 0 bridgehead atoms. The van der Waals surface area contributed by atoms with Gasteiger partial charge in [0.2, 0.25) is 28.6 Å². The third kappa shape index (κ3) is 6.88. The van der Waals surface area contributed by atoms with Gasteiger partial charge in [-0.3, -0.25) is 13.9 Å². The molecule has 1 N–H and O–H groups in total. The maximum Gasteiger partial charge on any atom is 0.244 e. The van der Waals surface area contributed by atoms with Gasteiger partial charge < -0.3 is 19.7 Å². The van der Waals surface area contributed by atoms with E-state index in [1.54, 1.807) is 19.1 Å². The zero-order valence-corrected chi connectivity index (χ0v) is 22.6. The van der Waals surface area contributed by atoms with Crippen LogP contribution < -0.4 is 19.1 Å². The van der Waals surface area contributed by atoms with E-state index in [1.807, 2.05) is 38.1 Å². The molecule has 0 saturated carbocycles. The van der Waals surface area contributed by atoms with Gasteiger partial charge in [0.25, 0.3) is 0 Å². The first-order chi connectivity index (χ1) is 16.5. The minimum absolute atomic E-state index is 0.0415. The quantitative estimate of drug-likeness (QED) is 0.472. The van der Waals surface area contributed by atoms with Gasteiger partial charge in [-0.15, -0.1) is 0 Å². The Balaban J connectivity index is 1.91. The second-order valence-electron chi connectivity index (χ2n) is 8.45. The smallest absolute Gasteiger partial charge is 0.244 e. The summed E-state index contributed by atoms with van der Waals surface area (Å²) in [5.41, 5.74) is 1.06. The van der Waals surface area contributed by atoms with Crippen LogP contribution in [0, 0.1) is 0 Å². The first kappa shape index (κ1) is 26.8. The molecule has 2 amide bonds. The van der Waals surface area contributed by atoms with Gasteiger partial charge in [-0.25, -0.2) is 8.42 Å². The maximum absolute atomic E-state index is 13.6. The summed E-state index contributed by atoms with van der Waals surface area (Å²) in [4.78, 5) is 27.9. The van der Waals surface area contributed by atoms with Crippen molar-refractivity contribution < 1.29 is 27.5 Å². The van der Waals surface area contributed by atoms with Crippen LogP contribution in [0.25, 0.3) is 0 Å². The molecule has 0 saturated heterocycles. The Morgan fingerprint density at radius 2 is 1.83 bits per heavy atom. The molecule has 2 aromatic carbocycles. The molecule has 3 rings (SSSR count). The third-order valence-electron chi connectivity index (χ3n) is 5.73. The van der Waals surface area contributed by atoms with Crippen LogP contribution in [0.1, 0.15) is 32.8 Å². The van der Waals surface area contributed by atoms with Crippen molar-refractivity contribution in [3.05, 3.63) is 52.5 Å². The summed E-state index contributed by atoms with van der Waals surface area (Å²) in [6.07, 6.45) is 1.77. The predicted molar refractivity (Wildman–Crippen MR) is 137 cm³/mol. The van der Waals surface area contributed by atoms with Gasteiger partial charge in [-0.2, -0.15) is 0 Å². The molecule has 11 heteroatoms. The molecular weight excluding hydrogens is 538 g/mol. The van der Waals surface area contributed by atoms with Crippen molar-refractivity contribution in [2.75, 3.05) is 23.9 Å². The Bertz CT molecular complexity index is 1190. The van der Waals surface area contributed by atoms with E-state index < -0.39 is 28.5 Å². The molecule has 2 aromatic rings. The highest BCUT2D eigenvalue weighted by Crippen LogP contribution is 2.36. The molecule has 0 fully saturated rings. The summed E-state index contributed by atoms with van der Waals surface area (Å²) in [5, 5.41) is 2.90. The lowest BCUT2D eigenvalue weighted by Gasteiger charge is -2.32. The largest absolute Gasteiger partial charge is 0.454 e. The van der Waals surface area contributed by atoms with E-state index in [-0.39, 0.29) is 31.0 Å². The summed E-state index contributed by atoms with van der Waals surface area (Å²) in [6.45, 7) is 5.17. The first-order valence-electron chi connectivity index (χ1n) is 11.2. The Labute approximate surface area is 214 Å². The topological polar surface area (TPSA) is 105 Å². The van der Waals surface area contributed by atoms with Crippen molar-refractivity contribution >= 4 is 43.5 Å². The van der Waals surface area contributed by atoms with Crippen LogP contribution in [0.3, 0.4) is 0 Å². The molecule has 2 atom stereocenters. The van der Waals surface area contributed by atoms with Gasteiger partial charge in [0.15, 0.2) is 11.5 Å². The number of rotatable bonds is 10. The van der Waals surface area contributed by atoms with Gasteiger partial charge >= 0.3 is 0 Å². The molecule has 0 spiro atoms. The number of carbonyl (C=O) groups excluding carboxylic acids is 2. The van der Waals surface area contributed by atoms with E-state index in [4.69, 9.17) is 9.47 Å². The number of nitrogens with one attached hydrogen (secondary N) is 1. The summed E-state index contributed by atoms with van der Waals surface area (Å²) in [6, 6.07) is 11.2. The normalized spacial score (nSPS) is 14.2. The van der Waals surface area contributed by atoms with Crippen molar-refractivity contribution in [2.24, 2.45) is 0 Å². The standard InChI is InChI=1S/C24H30BrN3O6S/c1-5-16(2)26-24(30)17(3)27(13-18-7-6-8-19(25)11-18)23(29)14-28(35(4,31)32)20-9-10-21-22(12-20)34-15-33-21/h6-12,16-17H,5,13-15H2,1-4H3,(H,26,30)/t16-,17-/m1/s1. The van der Waals surface area contributed by atoms with Crippen LogP contribution >= 0.6 is 15.9 Å². The van der Waals surface area contributed by atoms with Crippen molar-refractivity contribution in [3.8, 4) is 11.5 Å². The number of anilines is 1. The number of hydrogen-bond donors (Lipinski definition) is 1. The van der Waals surface area contributed by atoms with Crippen LogP contribution in [0.15, 0.2) is 46.9 Å². The van der Waals surface area contributed by atoms with Crippen LogP contribution in [-0.2, 0) is 26.2 Å². The van der Waals surface area contributed by atoms with Crippen LogP contribution in [-0.4, -0.2) is 56.8 Å². The highest BCUT2D eigenvalue weighted by Gasteiger charge is 2.31. The Hall–Kier alpha value is -2.79. The Morgan fingerprint density at radius 1 is 1.11 bits per heavy atom. The third-order valence-corrected chi connectivity index (χ3v) is 7.37. The lowest BCUT2D eigenvalue weighted by molar-refractivity contribution is -0.139. The monoisotopic (exact) mass is 567 g/mol. The van der Waals surface area contributed by atoms with Crippen molar-refractivity contribution in [1.82, 2.24) is 10.2 Å².